The van der Waals surface area contributed by atoms with Gasteiger partial charge in [-0.1, -0.05) is 32.9 Å². The average molecular weight is 245 g/mol. The maximum absolute atomic E-state index is 5.52. The highest BCUT2D eigenvalue weighted by Gasteiger charge is 2.17. The first kappa shape index (κ1) is 12.8. The molecule has 0 saturated carbocycles. The highest BCUT2D eigenvalue weighted by Crippen LogP contribution is 2.29. The van der Waals surface area contributed by atoms with E-state index in [1.54, 1.807) is 0 Å². The zero-order valence-corrected chi connectivity index (χ0v) is 11.3. The molecule has 0 radical (unpaired) electrons. The molecule has 0 spiro atoms. The third-order valence-corrected chi connectivity index (χ3v) is 2.98. The molecule has 0 amide bonds. The molecule has 0 aliphatic carbocycles. The minimum absolute atomic E-state index is 0.0964. The molecular formula is C14H19N3O. The van der Waals surface area contributed by atoms with Gasteiger partial charge in [0.05, 0.1) is 6.54 Å². The van der Waals surface area contributed by atoms with Crippen LogP contribution < -0.4 is 5.73 Å². The summed E-state index contributed by atoms with van der Waals surface area (Å²) in [6, 6.07) is 6.34. The van der Waals surface area contributed by atoms with E-state index in [1.165, 1.54) is 5.56 Å². The lowest BCUT2D eigenvalue weighted by atomic mass is 9.85. The molecule has 0 unspecified atom stereocenters. The van der Waals surface area contributed by atoms with E-state index in [4.69, 9.17) is 10.2 Å². The number of nitrogens with two attached hydrogens (primary N) is 1. The van der Waals surface area contributed by atoms with E-state index in [9.17, 15) is 0 Å². The summed E-state index contributed by atoms with van der Waals surface area (Å²) in [4.78, 5) is 0. The van der Waals surface area contributed by atoms with Gasteiger partial charge >= 0.3 is 0 Å². The lowest BCUT2D eigenvalue weighted by Gasteiger charge is -2.20. The Kier molecular flexibility index (Phi) is 3.22. The van der Waals surface area contributed by atoms with Gasteiger partial charge in [-0.15, -0.1) is 10.2 Å². The van der Waals surface area contributed by atoms with Gasteiger partial charge in [-0.2, -0.15) is 0 Å². The Morgan fingerprint density at radius 1 is 1.22 bits per heavy atom. The molecule has 0 saturated heterocycles. The molecule has 0 bridgehead atoms. The molecule has 4 heteroatoms. The largest absolute Gasteiger partial charge is 0.419 e. The van der Waals surface area contributed by atoms with Crippen molar-refractivity contribution in [2.45, 2.75) is 39.7 Å². The fourth-order valence-corrected chi connectivity index (χ4v) is 1.76. The zero-order chi connectivity index (χ0) is 13.3. The molecule has 1 aromatic carbocycles. The van der Waals surface area contributed by atoms with Crippen molar-refractivity contribution >= 4 is 0 Å². The molecule has 1 heterocycles. The third-order valence-electron chi connectivity index (χ3n) is 2.98. The molecule has 2 aromatic rings. The Balaban J connectivity index is 2.49. The van der Waals surface area contributed by atoms with Crippen LogP contribution in [-0.4, -0.2) is 10.2 Å². The van der Waals surface area contributed by atoms with Crippen LogP contribution >= 0.6 is 0 Å². The van der Waals surface area contributed by atoms with Crippen molar-refractivity contribution in [3.05, 3.63) is 35.2 Å². The Hall–Kier alpha value is -1.68. The van der Waals surface area contributed by atoms with E-state index in [2.05, 4.69) is 49.2 Å². The maximum Gasteiger partial charge on any atom is 0.248 e. The SMILES string of the molecule is Cc1ccc(C(C)(C)C)cc1-c1nnc(CN)o1. The van der Waals surface area contributed by atoms with Crippen molar-refractivity contribution in [2.24, 2.45) is 5.73 Å². The summed E-state index contributed by atoms with van der Waals surface area (Å²) in [5.41, 5.74) is 8.93. The summed E-state index contributed by atoms with van der Waals surface area (Å²) in [6.07, 6.45) is 0. The first-order valence-corrected chi connectivity index (χ1v) is 6.06. The number of rotatable bonds is 2. The molecule has 1 aromatic heterocycles. The molecule has 0 aliphatic rings. The van der Waals surface area contributed by atoms with Crippen molar-refractivity contribution in [2.75, 3.05) is 0 Å². The average Bonchev–Trinajstić information content (AvgIpc) is 2.76. The summed E-state index contributed by atoms with van der Waals surface area (Å²) >= 11 is 0. The quantitative estimate of drug-likeness (QED) is 0.883. The maximum atomic E-state index is 5.52. The topological polar surface area (TPSA) is 64.9 Å². The molecule has 0 atom stereocenters. The summed E-state index contributed by atoms with van der Waals surface area (Å²) in [6.45, 7) is 8.85. The Labute approximate surface area is 107 Å². The second-order valence-electron chi connectivity index (χ2n) is 5.48. The van der Waals surface area contributed by atoms with E-state index in [0.717, 1.165) is 11.1 Å². The summed E-state index contributed by atoms with van der Waals surface area (Å²) < 4.78 is 5.52. The van der Waals surface area contributed by atoms with Gasteiger partial charge in [0, 0.05) is 5.56 Å². The number of hydrogen-bond acceptors (Lipinski definition) is 4. The zero-order valence-electron chi connectivity index (χ0n) is 11.3. The monoisotopic (exact) mass is 245 g/mol. The first-order chi connectivity index (χ1) is 8.41. The molecule has 4 nitrogen and oxygen atoms in total. The van der Waals surface area contributed by atoms with Crippen molar-refractivity contribution in [1.82, 2.24) is 10.2 Å². The van der Waals surface area contributed by atoms with Crippen molar-refractivity contribution in [1.29, 1.82) is 0 Å². The number of hydrogen-bond donors (Lipinski definition) is 1. The van der Waals surface area contributed by atoms with Crippen LogP contribution in [0.25, 0.3) is 11.5 Å². The first-order valence-electron chi connectivity index (χ1n) is 6.06. The van der Waals surface area contributed by atoms with Crippen molar-refractivity contribution < 1.29 is 4.42 Å². The highest BCUT2D eigenvalue weighted by molar-refractivity contribution is 5.59. The van der Waals surface area contributed by atoms with E-state index >= 15 is 0 Å². The van der Waals surface area contributed by atoms with Crippen LogP contribution in [0.1, 0.15) is 37.8 Å². The minimum atomic E-state index is 0.0964. The summed E-state index contributed by atoms with van der Waals surface area (Å²) in [5.74, 6) is 1.00. The molecule has 96 valence electrons. The van der Waals surface area contributed by atoms with Crippen LogP contribution in [0, 0.1) is 6.92 Å². The van der Waals surface area contributed by atoms with E-state index in [1.807, 2.05) is 6.92 Å². The van der Waals surface area contributed by atoms with Gasteiger partial charge in [-0.3, -0.25) is 0 Å². The highest BCUT2D eigenvalue weighted by atomic mass is 16.4. The van der Waals surface area contributed by atoms with Crippen LogP contribution in [-0.2, 0) is 12.0 Å². The lowest BCUT2D eigenvalue weighted by molar-refractivity contribution is 0.508. The Morgan fingerprint density at radius 2 is 1.94 bits per heavy atom. The van der Waals surface area contributed by atoms with Crippen LogP contribution in [0.15, 0.2) is 22.6 Å². The fraction of sp³-hybridized carbons (Fsp3) is 0.429. The molecule has 18 heavy (non-hydrogen) atoms. The lowest BCUT2D eigenvalue weighted by Crippen LogP contribution is -2.11. The molecule has 2 N–H and O–H groups in total. The number of aromatic nitrogens is 2. The normalized spacial score (nSPS) is 11.8. The van der Waals surface area contributed by atoms with Crippen LogP contribution in [0.4, 0.5) is 0 Å². The van der Waals surface area contributed by atoms with E-state index in [-0.39, 0.29) is 12.0 Å². The fourth-order valence-electron chi connectivity index (χ4n) is 1.76. The second-order valence-corrected chi connectivity index (χ2v) is 5.48. The van der Waals surface area contributed by atoms with E-state index < -0.39 is 0 Å². The molecule has 0 aliphatic heterocycles. The van der Waals surface area contributed by atoms with Gasteiger partial charge in [-0.05, 0) is 29.5 Å². The van der Waals surface area contributed by atoms with Gasteiger partial charge in [0.15, 0.2) is 0 Å². The molecule has 2 rings (SSSR count). The van der Waals surface area contributed by atoms with Gasteiger partial charge in [0.1, 0.15) is 0 Å². The van der Waals surface area contributed by atoms with Crippen LogP contribution in [0.3, 0.4) is 0 Å². The van der Waals surface area contributed by atoms with Crippen molar-refractivity contribution in [3.63, 3.8) is 0 Å². The summed E-state index contributed by atoms with van der Waals surface area (Å²) in [7, 11) is 0. The predicted molar refractivity (Wildman–Crippen MR) is 71.1 cm³/mol. The number of benzene rings is 1. The second kappa shape index (κ2) is 4.53. The number of nitrogens with zero attached hydrogens (tertiary/aromatic N) is 2. The van der Waals surface area contributed by atoms with Crippen LogP contribution in [0.5, 0.6) is 0 Å². The van der Waals surface area contributed by atoms with Crippen molar-refractivity contribution in [3.8, 4) is 11.5 Å². The smallest absolute Gasteiger partial charge is 0.248 e. The summed E-state index contributed by atoms with van der Waals surface area (Å²) in [5, 5.41) is 7.95. The third kappa shape index (κ3) is 2.43. The van der Waals surface area contributed by atoms with Gasteiger partial charge in [0.25, 0.3) is 0 Å². The molecule has 0 fully saturated rings. The van der Waals surface area contributed by atoms with Gasteiger partial charge < -0.3 is 10.2 Å². The number of aryl methyl sites for hydroxylation is 1. The van der Waals surface area contributed by atoms with Gasteiger partial charge in [0.2, 0.25) is 11.8 Å². The van der Waals surface area contributed by atoms with Crippen LogP contribution in [0.2, 0.25) is 0 Å². The molecular weight excluding hydrogens is 226 g/mol. The predicted octanol–water partition coefficient (Wildman–Crippen LogP) is 2.80. The van der Waals surface area contributed by atoms with Gasteiger partial charge in [-0.25, -0.2) is 0 Å². The Morgan fingerprint density at radius 3 is 2.50 bits per heavy atom. The standard InChI is InChI=1S/C14H19N3O/c1-9-5-6-10(14(2,3)4)7-11(9)13-17-16-12(8-15)18-13/h5-7H,8,15H2,1-4H3. The van der Waals surface area contributed by atoms with E-state index in [0.29, 0.717) is 11.8 Å². The Bertz CT molecular complexity index is 552. The minimum Gasteiger partial charge on any atom is -0.419 e.